The minimum atomic E-state index is 1.08. The minimum Gasteiger partial charge on any atom is -0.0683 e. The molecule has 0 nitrogen and oxygen atoms in total. The van der Waals surface area contributed by atoms with Gasteiger partial charge in [-0.05, 0) is 5.92 Å². The summed E-state index contributed by atoms with van der Waals surface area (Å²) in [4.78, 5) is 0. The molecular formula is C11H26. The molecular weight excluding hydrogens is 132 g/mol. The van der Waals surface area contributed by atoms with Gasteiger partial charge in [0.2, 0.25) is 0 Å². The highest BCUT2D eigenvalue weighted by Crippen LogP contribution is 2.26. The smallest absolute Gasteiger partial charge is 0.0443 e. The molecule has 0 saturated heterocycles. The maximum Gasteiger partial charge on any atom is -0.0443 e. The first kappa shape index (κ1) is 13.6. The van der Waals surface area contributed by atoms with Gasteiger partial charge < -0.3 is 0 Å². The van der Waals surface area contributed by atoms with Gasteiger partial charge >= 0.3 is 0 Å². The van der Waals surface area contributed by atoms with E-state index in [0.717, 1.165) is 5.92 Å². The van der Waals surface area contributed by atoms with Gasteiger partial charge in [0, 0.05) is 0 Å². The minimum absolute atomic E-state index is 1.08. The lowest BCUT2D eigenvalue weighted by Gasteiger charge is -1.79. The molecule has 0 radical (unpaired) electrons. The molecule has 1 saturated carbocycles. The average molecular weight is 158 g/mol. The van der Waals surface area contributed by atoms with Gasteiger partial charge in [-0.1, -0.05) is 66.7 Å². The summed E-state index contributed by atoms with van der Waals surface area (Å²) in [6.07, 6.45) is 7.05. The van der Waals surface area contributed by atoms with Crippen molar-refractivity contribution in [1.82, 2.24) is 0 Å². The molecule has 1 aliphatic rings. The van der Waals surface area contributed by atoms with Crippen LogP contribution in [0.3, 0.4) is 0 Å². The molecule has 0 spiro atoms. The number of hydrogen-bond donors (Lipinski definition) is 0. The number of hydrogen-bond acceptors (Lipinski definition) is 0. The summed E-state index contributed by atoms with van der Waals surface area (Å²) >= 11 is 0. The summed E-state index contributed by atoms with van der Waals surface area (Å²) in [6.45, 7) is 10.7. The molecule has 0 amide bonds. The number of unbranched alkanes of at least 4 members (excludes halogenated alkanes) is 2. The van der Waals surface area contributed by atoms with E-state index >= 15 is 0 Å². The molecule has 0 heteroatoms. The summed E-state index contributed by atoms with van der Waals surface area (Å²) in [6, 6.07) is 0. The Morgan fingerprint density at radius 3 is 1.27 bits per heavy atom. The molecule has 0 unspecified atom stereocenters. The second kappa shape index (κ2) is 12.7. The standard InChI is InChI=1S/C5H12.C4H8.C2H6/c1-3-5-4-2;1-4-2-3-4;1-2/h3-5H2,1-2H3;4H,2-3H2,1H3;1-2H3. The molecule has 11 heavy (non-hydrogen) atoms. The van der Waals surface area contributed by atoms with Crippen LogP contribution in [0.4, 0.5) is 0 Å². The van der Waals surface area contributed by atoms with E-state index in [1.54, 1.807) is 0 Å². The van der Waals surface area contributed by atoms with Gasteiger partial charge in [-0.15, -0.1) is 0 Å². The van der Waals surface area contributed by atoms with Crippen molar-refractivity contribution in [3.63, 3.8) is 0 Å². The highest BCUT2D eigenvalue weighted by Gasteiger charge is 2.12. The van der Waals surface area contributed by atoms with E-state index in [2.05, 4.69) is 20.8 Å². The zero-order valence-electron chi connectivity index (χ0n) is 9.11. The third-order valence-corrected chi connectivity index (χ3v) is 1.57. The maximum absolute atomic E-state index is 2.28. The van der Waals surface area contributed by atoms with E-state index in [9.17, 15) is 0 Å². The van der Waals surface area contributed by atoms with Gasteiger partial charge in [0.05, 0.1) is 0 Å². The molecule has 70 valence electrons. The van der Waals surface area contributed by atoms with Crippen LogP contribution in [-0.2, 0) is 0 Å². The first-order valence-electron chi connectivity index (χ1n) is 5.31. The summed E-state index contributed by atoms with van der Waals surface area (Å²) < 4.78 is 0. The van der Waals surface area contributed by atoms with Crippen molar-refractivity contribution in [3.8, 4) is 0 Å². The highest BCUT2D eigenvalue weighted by molar-refractivity contribution is 4.65. The Bertz CT molecular complexity index is 42.0. The Morgan fingerprint density at radius 2 is 1.27 bits per heavy atom. The molecule has 0 N–H and O–H groups in total. The fourth-order valence-electron chi connectivity index (χ4n) is 0.520. The predicted octanol–water partition coefficient (Wildman–Crippen LogP) is 4.64. The first-order chi connectivity index (χ1) is 5.31. The van der Waals surface area contributed by atoms with Gasteiger partial charge in [-0.3, -0.25) is 0 Å². The Morgan fingerprint density at radius 1 is 1.00 bits per heavy atom. The maximum atomic E-state index is 2.28. The lowest BCUT2D eigenvalue weighted by Crippen LogP contribution is -1.59. The molecule has 0 atom stereocenters. The molecule has 0 aliphatic heterocycles. The van der Waals surface area contributed by atoms with E-state index in [1.807, 2.05) is 13.8 Å². The van der Waals surface area contributed by atoms with E-state index in [1.165, 1.54) is 32.1 Å². The molecule has 0 bridgehead atoms. The third-order valence-electron chi connectivity index (χ3n) is 1.57. The first-order valence-corrected chi connectivity index (χ1v) is 5.31. The lowest BCUT2D eigenvalue weighted by molar-refractivity contribution is 0.772. The zero-order valence-corrected chi connectivity index (χ0v) is 9.11. The van der Waals surface area contributed by atoms with Gasteiger partial charge in [0.25, 0.3) is 0 Å². The fraction of sp³-hybridized carbons (Fsp3) is 1.00. The summed E-state index contributed by atoms with van der Waals surface area (Å²) in [7, 11) is 0. The Balaban J connectivity index is 0. The van der Waals surface area contributed by atoms with Crippen LogP contribution in [0, 0.1) is 5.92 Å². The monoisotopic (exact) mass is 158 g/mol. The van der Waals surface area contributed by atoms with Gasteiger partial charge in [-0.25, -0.2) is 0 Å². The second-order valence-electron chi connectivity index (χ2n) is 3.04. The normalized spacial score (nSPS) is 13.9. The topological polar surface area (TPSA) is 0 Å². The average Bonchev–Trinajstić information content (AvgIpc) is 2.79. The Kier molecular flexibility index (Phi) is 15.6. The lowest BCUT2D eigenvalue weighted by atomic mass is 10.3. The summed E-state index contributed by atoms with van der Waals surface area (Å²) in [5, 5.41) is 0. The van der Waals surface area contributed by atoms with Crippen LogP contribution in [0.1, 0.15) is 66.7 Å². The Hall–Kier alpha value is 0. The van der Waals surface area contributed by atoms with Crippen LogP contribution in [-0.4, -0.2) is 0 Å². The molecule has 1 fully saturated rings. The molecule has 0 heterocycles. The van der Waals surface area contributed by atoms with Crippen molar-refractivity contribution >= 4 is 0 Å². The van der Waals surface area contributed by atoms with Gasteiger partial charge in [0.15, 0.2) is 0 Å². The Labute approximate surface area is 73.4 Å². The molecule has 0 aromatic carbocycles. The summed E-state index contributed by atoms with van der Waals surface area (Å²) in [5.41, 5.74) is 0. The quantitative estimate of drug-likeness (QED) is 0.549. The zero-order chi connectivity index (χ0) is 9.11. The highest BCUT2D eigenvalue weighted by atomic mass is 14.2. The molecule has 1 rings (SSSR count). The molecule has 0 aromatic rings. The molecule has 0 aromatic heterocycles. The molecule has 1 aliphatic carbocycles. The number of rotatable bonds is 2. The fourth-order valence-corrected chi connectivity index (χ4v) is 0.520. The van der Waals surface area contributed by atoms with Crippen molar-refractivity contribution < 1.29 is 0 Å². The van der Waals surface area contributed by atoms with Gasteiger partial charge in [0.1, 0.15) is 0 Å². The van der Waals surface area contributed by atoms with Crippen LogP contribution < -0.4 is 0 Å². The van der Waals surface area contributed by atoms with E-state index in [0.29, 0.717) is 0 Å². The largest absolute Gasteiger partial charge is 0.0683 e. The van der Waals surface area contributed by atoms with Crippen LogP contribution in [0.2, 0.25) is 0 Å². The van der Waals surface area contributed by atoms with E-state index < -0.39 is 0 Å². The summed E-state index contributed by atoms with van der Waals surface area (Å²) in [5.74, 6) is 1.08. The van der Waals surface area contributed by atoms with Gasteiger partial charge in [-0.2, -0.15) is 0 Å². The van der Waals surface area contributed by atoms with Crippen molar-refractivity contribution in [2.45, 2.75) is 66.7 Å². The van der Waals surface area contributed by atoms with E-state index in [-0.39, 0.29) is 0 Å². The van der Waals surface area contributed by atoms with Crippen LogP contribution in [0.5, 0.6) is 0 Å². The van der Waals surface area contributed by atoms with Crippen molar-refractivity contribution in [2.75, 3.05) is 0 Å². The van der Waals surface area contributed by atoms with Crippen molar-refractivity contribution in [1.29, 1.82) is 0 Å². The van der Waals surface area contributed by atoms with E-state index in [4.69, 9.17) is 0 Å². The van der Waals surface area contributed by atoms with Crippen LogP contribution >= 0.6 is 0 Å². The third kappa shape index (κ3) is 25.6. The van der Waals surface area contributed by atoms with Crippen LogP contribution in [0.25, 0.3) is 0 Å². The predicted molar refractivity (Wildman–Crippen MR) is 54.9 cm³/mol. The van der Waals surface area contributed by atoms with Crippen molar-refractivity contribution in [3.05, 3.63) is 0 Å². The second-order valence-corrected chi connectivity index (χ2v) is 3.04. The van der Waals surface area contributed by atoms with Crippen LogP contribution in [0.15, 0.2) is 0 Å². The SMILES string of the molecule is CC.CC1CC1.CCCCC. The van der Waals surface area contributed by atoms with Crippen molar-refractivity contribution in [2.24, 2.45) is 5.92 Å².